The highest BCUT2D eigenvalue weighted by molar-refractivity contribution is 5.98. The molecule has 2 N–H and O–H groups in total. The summed E-state index contributed by atoms with van der Waals surface area (Å²) >= 11 is 0. The Balaban J connectivity index is 2.02. The fourth-order valence-corrected chi connectivity index (χ4v) is 1.81. The quantitative estimate of drug-likeness (QED) is 0.776. The highest BCUT2D eigenvalue weighted by Gasteiger charge is 2.30. The molecule has 1 saturated heterocycles. The molecule has 2 amide bonds. The highest BCUT2D eigenvalue weighted by Crippen LogP contribution is 2.12. The number of rotatable bonds is 2. The van der Waals surface area contributed by atoms with E-state index < -0.39 is 6.04 Å². The zero-order chi connectivity index (χ0) is 12.4. The lowest BCUT2D eigenvalue weighted by Gasteiger charge is -2.12. The van der Waals surface area contributed by atoms with Gasteiger partial charge in [0, 0.05) is 19.2 Å². The second-order valence-electron chi connectivity index (χ2n) is 4.12. The number of benzene rings is 1. The molecule has 5 nitrogen and oxygen atoms in total. The third-order valence-electron chi connectivity index (χ3n) is 2.86. The van der Waals surface area contributed by atoms with Gasteiger partial charge in [-0.25, -0.2) is 0 Å². The summed E-state index contributed by atoms with van der Waals surface area (Å²) in [6.45, 7) is 0.666. The van der Waals surface area contributed by atoms with Crippen molar-refractivity contribution in [2.24, 2.45) is 0 Å². The molecule has 1 unspecified atom stereocenters. The molecule has 17 heavy (non-hydrogen) atoms. The van der Waals surface area contributed by atoms with E-state index in [0.717, 1.165) is 0 Å². The fraction of sp³-hybridized carbons (Fsp3) is 0.333. The number of hydrogen-bond donors (Lipinski definition) is 2. The summed E-state index contributed by atoms with van der Waals surface area (Å²) < 4.78 is 0. The van der Waals surface area contributed by atoms with Gasteiger partial charge in [-0.05, 0) is 30.7 Å². The van der Waals surface area contributed by atoms with Crippen molar-refractivity contribution in [2.45, 2.75) is 12.5 Å². The second kappa shape index (κ2) is 4.45. The average Bonchev–Trinajstić information content (AvgIpc) is 2.62. The van der Waals surface area contributed by atoms with Crippen LogP contribution in [0.5, 0.6) is 5.75 Å². The summed E-state index contributed by atoms with van der Waals surface area (Å²) in [7, 11) is 1.72. The summed E-state index contributed by atoms with van der Waals surface area (Å²) in [4.78, 5) is 25.0. The van der Waals surface area contributed by atoms with Crippen molar-refractivity contribution in [3.63, 3.8) is 0 Å². The standard InChI is InChI=1S/C12H14N2O3/c1-14-7-6-10(12(14)17)13-11(16)8-2-4-9(15)5-3-8/h2-5,10,15H,6-7H2,1H3,(H,13,16). The zero-order valence-electron chi connectivity index (χ0n) is 9.51. The number of phenolic OH excluding ortho intramolecular Hbond substituents is 1. The topological polar surface area (TPSA) is 69.6 Å². The monoisotopic (exact) mass is 234 g/mol. The molecule has 0 bridgehead atoms. The van der Waals surface area contributed by atoms with E-state index >= 15 is 0 Å². The molecule has 1 aromatic rings. The summed E-state index contributed by atoms with van der Waals surface area (Å²) in [5.41, 5.74) is 0.435. The maximum atomic E-state index is 11.8. The van der Waals surface area contributed by atoms with E-state index in [4.69, 9.17) is 5.11 Å². The van der Waals surface area contributed by atoms with E-state index in [-0.39, 0.29) is 17.6 Å². The van der Waals surface area contributed by atoms with Crippen molar-refractivity contribution in [3.05, 3.63) is 29.8 Å². The Morgan fingerprint density at radius 3 is 2.59 bits per heavy atom. The van der Waals surface area contributed by atoms with E-state index in [1.165, 1.54) is 24.3 Å². The van der Waals surface area contributed by atoms with Crippen molar-refractivity contribution in [2.75, 3.05) is 13.6 Å². The lowest BCUT2D eigenvalue weighted by Crippen LogP contribution is -2.40. The molecule has 1 fully saturated rings. The lowest BCUT2D eigenvalue weighted by atomic mass is 10.2. The van der Waals surface area contributed by atoms with Gasteiger partial charge in [-0.3, -0.25) is 9.59 Å². The third-order valence-corrected chi connectivity index (χ3v) is 2.86. The number of nitrogens with one attached hydrogen (secondary N) is 1. The van der Waals surface area contributed by atoms with Crippen molar-refractivity contribution in [1.82, 2.24) is 10.2 Å². The van der Waals surface area contributed by atoms with Gasteiger partial charge in [0.2, 0.25) is 5.91 Å². The van der Waals surface area contributed by atoms with Crippen LogP contribution in [0.25, 0.3) is 0 Å². The minimum Gasteiger partial charge on any atom is -0.508 e. The van der Waals surface area contributed by atoms with E-state index in [9.17, 15) is 9.59 Å². The van der Waals surface area contributed by atoms with Gasteiger partial charge >= 0.3 is 0 Å². The maximum Gasteiger partial charge on any atom is 0.251 e. The Morgan fingerprint density at radius 1 is 1.41 bits per heavy atom. The van der Waals surface area contributed by atoms with Crippen LogP contribution in [0.2, 0.25) is 0 Å². The molecule has 0 radical (unpaired) electrons. The Hall–Kier alpha value is -2.04. The van der Waals surface area contributed by atoms with Crippen LogP contribution in [0.1, 0.15) is 16.8 Å². The van der Waals surface area contributed by atoms with Crippen LogP contribution in [0.4, 0.5) is 0 Å². The molecule has 1 aliphatic rings. The lowest BCUT2D eigenvalue weighted by molar-refractivity contribution is -0.128. The Labute approximate surface area is 99.0 Å². The molecule has 0 aliphatic carbocycles. The SMILES string of the molecule is CN1CCC(NC(=O)c2ccc(O)cc2)C1=O. The number of likely N-dealkylation sites (N-methyl/N-ethyl adjacent to an activating group) is 1. The molecule has 5 heteroatoms. The molecule has 1 aliphatic heterocycles. The van der Waals surface area contributed by atoms with Gasteiger partial charge < -0.3 is 15.3 Å². The summed E-state index contributed by atoms with van der Waals surface area (Å²) in [5, 5.41) is 11.8. The number of carbonyl (C=O) groups excluding carboxylic acids is 2. The van der Waals surface area contributed by atoms with E-state index in [2.05, 4.69) is 5.32 Å². The van der Waals surface area contributed by atoms with Crippen LogP contribution in [0.15, 0.2) is 24.3 Å². The number of amides is 2. The van der Waals surface area contributed by atoms with Crippen LogP contribution < -0.4 is 5.32 Å². The van der Waals surface area contributed by atoms with Crippen molar-refractivity contribution in [1.29, 1.82) is 0 Å². The van der Waals surface area contributed by atoms with Gasteiger partial charge in [0.05, 0.1) is 0 Å². The van der Waals surface area contributed by atoms with E-state index in [0.29, 0.717) is 18.5 Å². The minimum absolute atomic E-state index is 0.0582. The van der Waals surface area contributed by atoms with Gasteiger partial charge in [-0.1, -0.05) is 0 Å². The number of hydrogen-bond acceptors (Lipinski definition) is 3. The van der Waals surface area contributed by atoms with E-state index in [1.54, 1.807) is 11.9 Å². The molecule has 0 spiro atoms. The number of likely N-dealkylation sites (tertiary alicyclic amines) is 1. The van der Waals surface area contributed by atoms with Crippen molar-refractivity contribution in [3.8, 4) is 5.75 Å². The number of nitrogens with zero attached hydrogens (tertiary/aromatic N) is 1. The number of carbonyl (C=O) groups is 2. The fourth-order valence-electron chi connectivity index (χ4n) is 1.81. The molecular weight excluding hydrogens is 220 g/mol. The summed E-state index contributed by atoms with van der Waals surface area (Å²) in [5.74, 6) is -0.242. The van der Waals surface area contributed by atoms with Gasteiger partial charge in [0.15, 0.2) is 0 Å². The minimum atomic E-state index is -0.429. The Kier molecular flexibility index (Phi) is 2.99. The summed E-state index contributed by atoms with van der Waals surface area (Å²) in [6.07, 6.45) is 0.638. The van der Waals surface area contributed by atoms with Gasteiger partial charge in [0.1, 0.15) is 11.8 Å². The predicted octanol–water partition coefficient (Wildman–Crippen LogP) is 0.353. The van der Waals surface area contributed by atoms with Crippen LogP contribution in [0.3, 0.4) is 0 Å². The zero-order valence-corrected chi connectivity index (χ0v) is 9.51. The first-order valence-corrected chi connectivity index (χ1v) is 5.43. The third kappa shape index (κ3) is 2.38. The molecule has 90 valence electrons. The van der Waals surface area contributed by atoms with Crippen LogP contribution >= 0.6 is 0 Å². The smallest absolute Gasteiger partial charge is 0.251 e. The van der Waals surface area contributed by atoms with Crippen molar-refractivity contribution >= 4 is 11.8 Å². The normalized spacial score (nSPS) is 19.5. The van der Waals surface area contributed by atoms with Gasteiger partial charge in [0.25, 0.3) is 5.91 Å². The molecule has 1 aromatic carbocycles. The molecular formula is C12H14N2O3. The first kappa shape index (κ1) is 11.4. The summed E-state index contributed by atoms with van der Waals surface area (Å²) in [6, 6.07) is 5.50. The molecule has 0 aromatic heterocycles. The Bertz CT molecular complexity index is 442. The molecule has 1 atom stereocenters. The van der Waals surface area contributed by atoms with E-state index in [1.807, 2.05) is 0 Å². The Morgan fingerprint density at radius 2 is 2.06 bits per heavy atom. The first-order chi connectivity index (χ1) is 8.08. The number of aromatic hydroxyl groups is 1. The first-order valence-electron chi connectivity index (χ1n) is 5.43. The largest absolute Gasteiger partial charge is 0.508 e. The van der Waals surface area contributed by atoms with Gasteiger partial charge in [-0.15, -0.1) is 0 Å². The predicted molar refractivity (Wildman–Crippen MR) is 61.6 cm³/mol. The van der Waals surface area contributed by atoms with Crippen molar-refractivity contribution < 1.29 is 14.7 Å². The average molecular weight is 234 g/mol. The van der Waals surface area contributed by atoms with Crippen LogP contribution in [-0.2, 0) is 4.79 Å². The van der Waals surface area contributed by atoms with Crippen LogP contribution in [-0.4, -0.2) is 41.5 Å². The molecule has 0 saturated carbocycles. The number of phenols is 1. The van der Waals surface area contributed by atoms with Gasteiger partial charge in [-0.2, -0.15) is 0 Å². The molecule has 2 rings (SSSR count). The molecule has 1 heterocycles. The van der Waals surface area contributed by atoms with Crippen LogP contribution in [0, 0.1) is 0 Å². The maximum absolute atomic E-state index is 11.8. The highest BCUT2D eigenvalue weighted by atomic mass is 16.3. The second-order valence-corrected chi connectivity index (χ2v) is 4.12.